The maximum Gasteiger partial charge on any atom is 0.491 e. The summed E-state index contributed by atoms with van der Waals surface area (Å²) in [6, 6.07) is 5.70. The predicted octanol–water partition coefficient (Wildman–Crippen LogP) is 2.89. The van der Waals surface area contributed by atoms with Gasteiger partial charge in [0.25, 0.3) is 0 Å². The Bertz CT molecular complexity index is 695. The Balaban J connectivity index is 1.91. The molecule has 25 heavy (non-hydrogen) atoms. The van der Waals surface area contributed by atoms with E-state index in [9.17, 15) is 4.79 Å². The van der Waals surface area contributed by atoms with Crippen LogP contribution >= 0.6 is 0 Å². The van der Waals surface area contributed by atoms with Crippen LogP contribution in [0.2, 0.25) is 0 Å². The van der Waals surface area contributed by atoms with Gasteiger partial charge in [0, 0.05) is 13.0 Å². The third-order valence-corrected chi connectivity index (χ3v) is 5.18. The summed E-state index contributed by atoms with van der Waals surface area (Å²) in [4.78, 5) is 12.1. The van der Waals surface area contributed by atoms with Crippen molar-refractivity contribution in [1.29, 1.82) is 0 Å². The molecule has 1 aromatic rings. The van der Waals surface area contributed by atoms with Crippen molar-refractivity contribution in [1.82, 2.24) is 5.32 Å². The SMILES string of the molecule is CNCC(=Cc1ccc2c(c1)C(=O)CCO2)B1OC(C)(C)C(C)(C)O1. The smallest absolute Gasteiger partial charge is 0.491 e. The average Bonchev–Trinajstić information content (AvgIpc) is 2.76. The molecule has 1 fully saturated rings. The van der Waals surface area contributed by atoms with Crippen LogP contribution in [0, 0.1) is 0 Å². The van der Waals surface area contributed by atoms with E-state index in [0.29, 0.717) is 30.9 Å². The summed E-state index contributed by atoms with van der Waals surface area (Å²) in [6.45, 7) is 9.26. The van der Waals surface area contributed by atoms with Crippen LogP contribution in [0.5, 0.6) is 5.75 Å². The molecule has 0 bridgehead atoms. The van der Waals surface area contributed by atoms with E-state index >= 15 is 0 Å². The number of Topliss-reactive ketones (excluding diaryl/α,β-unsaturated/α-hetero) is 1. The summed E-state index contributed by atoms with van der Waals surface area (Å²) in [5.41, 5.74) is 1.81. The van der Waals surface area contributed by atoms with Gasteiger partial charge in [0.2, 0.25) is 0 Å². The zero-order valence-corrected chi connectivity index (χ0v) is 15.6. The van der Waals surface area contributed by atoms with E-state index < -0.39 is 7.12 Å². The number of benzene rings is 1. The second kappa shape index (κ2) is 6.59. The number of nitrogens with one attached hydrogen (secondary N) is 1. The number of likely N-dealkylation sites (N-methyl/N-ethyl adjacent to an activating group) is 1. The Morgan fingerprint density at radius 1 is 1.24 bits per heavy atom. The predicted molar refractivity (Wildman–Crippen MR) is 98.9 cm³/mol. The van der Waals surface area contributed by atoms with Crippen molar-refractivity contribution >= 4 is 19.0 Å². The maximum absolute atomic E-state index is 12.1. The van der Waals surface area contributed by atoms with E-state index in [-0.39, 0.29) is 17.0 Å². The fourth-order valence-electron chi connectivity index (χ4n) is 2.98. The third-order valence-electron chi connectivity index (χ3n) is 5.18. The Morgan fingerprint density at radius 2 is 1.92 bits per heavy atom. The van der Waals surface area contributed by atoms with Crippen LogP contribution in [0.3, 0.4) is 0 Å². The number of rotatable bonds is 4. The Kier molecular flexibility index (Phi) is 4.79. The van der Waals surface area contributed by atoms with Gasteiger partial charge in [-0.1, -0.05) is 12.1 Å². The second-order valence-electron chi connectivity index (χ2n) is 7.62. The number of hydrogen-bond acceptors (Lipinski definition) is 5. The highest BCUT2D eigenvalue weighted by Crippen LogP contribution is 2.39. The monoisotopic (exact) mass is 343 g/mol. The van der Waals surface area contributed by atoms with Crippen molar-refractivity contribution in [2.45, 2.75) is 45.3 Å². The van der Waals surface area contributed by atoms with Crippen LogP contribution in [-0.4, -0.2) is 44.3 Å². The van der Waals surface area contributed by atoms with Gasteiger partial charge in [0.1, 0.15) is 5.75 Å². The van der Waals surface area contributed by atoms with Gasteiger partial charge >= 0.3 is 7.12 Å². The molecule has 0 atom stereocenters. The first-order valence-electron chi connectivity index (χ1n) is 8.74. The van der Waals surface area contributed by atoms with Crippen molar-refractivity contribution in [3.05, 3.63) is 34.8 Å². The normalized spacial score (nSPS) is 21.9. The lowest BCUT2D eigenvalue weighted by atomic mass is 9.77. The highest BCUT2D eigenvalue weighted by Gasteiger charge is 2.52. The summed E-state index contributed by atoms with van der Waals surface area (Å²) in [6.07, 6.45) is 2.46. The standard InChI is InChI=1S/C19H26BNO4/c1-18(2)19(3,4)25-20(24-18)14(12-21-5)10-13-6-7-17-15(11-13)16(22)8-9-23-17/h6-7,10-11,21H,8-9,12H2,1-5H3. The minimum atomic E-state index is -0.416. The molecule has 0 aromatic heterocycles. The molecule has 2 aliphatic heterocycles. The van der Waals surface area contributed by atoms with Gasteiger partial charge in [-0.3, -0.25) is 4.79 Å². The van der Waals surface area contributed by atoms with Gasteiger partial charge in [0.05, 0.1) is 23.4 Å². The molecule has 5 nitrogen and oxygen atoms in total. The lowest BCUT2D eigenvalue weighted by Gasteiger charge is -2.32. The van der Waals surface area contributed by atoms with Gasteiger partial charge in [0.15, 0.2) is 5.78 Å². The molecule has 0 radical (unpaired) electrons. The summed E-state index contributed by atoms with van der Waals surface area (Å²) in [5.74, 6) is 0.793. The zero-order chi connectivity index (χ0) is 18.2. The quantitative estimate of drug-likeness (QED) is 0.852. The summed E-state index contributed by atoms with van der Waals surface area (Å²) < 4.78 is 17.9. The fraction of sp³-hybridized carbons (Fsp3) is 0.526. The zero-order valence-electron chi connectivity index (χ0n) is 15.6. The summed E-state index contributed by atoms with van der Waals surface area (Å²) in [7, 11) is 1.48. The van der Waals surface area contributed by atoms with E-state index in [4.69, 9.17) is 14.0 Å². The molecule has 3 rings (SSSR count). The topological polar surface area (TPSA) is 56.8 Å². The van der Waals surface area contributed by atoms with Crippen molar-refractivity contribution < 1.29 is 18.8 Å². The van der Waals surface area contributed by atoms with Crippen LogP contribution < -0.4 is 10.1 Å². The van der Waals surface area contributed by atoms with E-state index in [1.807, 2.05) is 59.0 Å². The molecule has 0 unspecified atom stereocenters. The lowest BCUT2D eigenvalue weighted by molar-refractivity contribution is 0.00578. The van der Waals surface area contributed by atoms with Crippen LogP contribution in [0.25, 0.3) is 6.08 Å². The second-order valence-corrected chi connectivity index (χ2v) is 7.62. The minimum Gasteiger partial charge on any atom is -0.492 e. The molecule has 0 aliphatic carbocycles. The molecule has 0 spiro atoms. The molecule has 1 N–H and O–H groups in total. The number of hydrogen-bond donors (Lipinski definition) is 1. The van der Waals surface area contributed by atoms with Crippen molar-refractivity contribution in [2.75, 3.05) is 20.2 Å². The van der Waals surface area contributed by atoms with Crippen molar-refractivity contribution in [3.63, 3.8) is 0 Å². The largest absolute Gasteiger partial charge is 0.492 e. The van der Waals surface area contributed by atoms with E-state index in [1.54, 1.807) is 0 Å². The summed E-state index contributed by atoms with van der Waals surface area (Å²) in [5, 5.41) is 3.17. The van der Waals surface area contributed by atoms with E-state index in [2.05, 4.69) is 5.32 Å². The molecule has 0 amide bonds. The molecular weight excluding hydrogens is 317 g/mol. The highest BCUT2D eigenvalue weighted by atomic mass is 16.7. The van der Waals surface area contributed by atoms with Gasteiger partial charge < -0.3 is 19.4 Å². The molecule has 134 valence electrons. The fourth-order valence-corrected chi connectivity index (χ4v) is 2.98. The first kappa shape index (κ1) is 18.2. The first-order valence-corrected chi connectivity index (χ1v) is 8.74. The van der Waals surface area contributed by atoms with Crippen LogP contribution in [-0.2, 0) is 9.31 Å². The van der Waals surface area contributed by atoms with Crippen LogP contribution in [0.15, 0.2) is 23.7 Å². The van der Waals surface area contributed by atoms with Gasteiger partial charge in [-0.15, -0.1) is 0 Å². The van der Waals surface area contributed by atoms with E-state index in [0.717, 1.165) is 11.0 Å². The minimum absolute atomic E-state index is 0.127. The summed E-state index contributed by atoms with van der Waals surface area (Å²) >= 11 is 0. The van der Waals surface area contributed by atoms with Crippen molar-refractivity contribution in [3.8, 4) is 5.75 Å². The number of carbonyl (C=O) groups is 1. The van der Waals surface area contributed by atoms with Crippen molar-refractivity contribution in [2.24, 2.45) is 0 Å². The maximum atomic E-state index is 12.1. The van der Waals surface area contributed by atoms with Gasteiger partial charge in [-0.05, 0) is 57.9 Å². The molecule has 6 heteroatoms. The molecule has 0 saturated carbocycles. The first-order chi connectivity index (χ1) is 11.7. The number of fused-ring (bicyclic) bond motifs is 1. The molecule has 2 aliphatic rings. The Morgan fingerprint density at radius 3 is 2.56 bits per heavy atom. The lowest BCUT2D eigenvalue weighted by Crippen LogP contribution is -2.41. The molecular formula is C19H26BNO4. The van der Waals surface area contributed by atoms with E-state index in [1.165, 1.54) is 0 Å². The van der Waals surface area contributed by atoms with Gasteiger partial charge in [-0.25, -0.2) is 0 Å². The number of ketones is 1. The number of ether oxygens (including phenoxy) is 1. The Hall–Kier alpha value is -1.63. The van der Waals surface area contributed by atoms with Crippen LogP contribution in [0.4, 0.5) is 0 Å². The van der Waals surface area contributed by atoms with Crippen LogP contribution in [0.1, 0.15) is 50.0 Å². The Labute approximate surface area is 149 Å². The molecule has 1 saturated heterocycles. The highest BCUT2D eigenvalue weighted by molar-refractivity contribution is 6.55. The average molecular weight is 343 g/mol. The molecule has 1 aromatic carbocycles. The molecule has 2 heterocycles. The number of carbonyl (C=O) groups excluding carboxylic acids is 1. The van der Waals surface area contributed by atoms with Gasteiger partial charge in [-0.2, -0.15) is 0 Å². The third kappa shape index (κ3) is 3.52.